The van der Waals surface area contributed by atoms with E-state index >= 15 is 0 Å². The van der Waals surface area contributed by atoms with Crippen LogP contribution in [0.15, 0.2) is 29.3 Å². The summed E-state index contributed by atoms with van der Waals surface area (Å²) in [5.41, 5.74) is 1.39. The average molecular weight is 330 g/mol. The van der Waals surface area contributed by atoms with Crippen LogP contribution in [0.25, 0.3) is 0 Å². The van der Waals surface area contributed by atoms with Gasteiger partial charge in [0, 0.05) is 37.6 Å². The van der Waals surface area contributed by atoms with E-state index in [2.05, 4.69) is 26.9 Å². The fourth-order valence-electron chi connectivity index (χ4n) is 1.91. The third-order valence-corrected chi connectivity index (χ3v) is 3.00. The van der Waals surface area contributed by atoms with Gasteiger partial charge in [-0.1, -0.05) is 12.0 Å². The molecule has 0 fully saturated rings. The molecule has 6 nitrogen and oxygen atoms in total. The summed E-state index contributed by atoms with van der Waals surface area (Å²) in [7, 11) is 0. The van der Waals surface area contributed by atoms with Crippen molar-refractivity contribution in [1.29, 1.82) is 0 Å². The first-order valence-corrected chi connectivity index (χ1v) is 8.16. The standard InChI is InChI=1S/C18H26N4O2/c1-4-15-9-7-10-16(13-15)22-17(23)14-21-18(19-5-2)20-11-8-12-24-6-3/h1,7,9-10,13H,5-6,8,11-12,14H2,2-3H3,(H,22,23)(H2,19,20,21). The predicted octanol–water partition coefficient (Wildman–Crippen LogP) is 1.59. The number of amides is 1. The van der Waals surface area contributed by atoms with Crippen LogP contribution in [0.5, 0.6) is 0 Å². The number of carbonyl (C=O) groups excluding carboxylic acids is 1. The van der Waals surface area contributed by atoms with Crippen LogP contribution in [0.4, 0.5) is 5.69 Å². The maximum absolute atomic E-state index is 12.0. The van der Waals surface area contributed by atoms with Crippen molar-refractivity contribution < 1.29 is 9.53 Å². The van der Waals surface area contributed by atoms with Gasteiger partial charge in [-0.3, -0.25) is 4.79 Å². The normalized spacial score (nSPS) is 10.8. The molecule has 0 aliphatic heterocycles. The molecule has 0 atom stereocenters. The number of nitrogens with zero attached hydrogens (tertiary/aromatic N) is 1. The van der Waals surface area contributed by atoms with Gasteiger partial charge in [0.15, 0.2) is 5.96 Å². The Labute approximate surface area is 144 Å². The Morgan fingerprint density at radius 3 is 2.88 bits per heavy atom. The number of hydrogen-bond donors (Lipinski definition) is 3. The summed E-state index contributed by atoms with van der Waals surface area (Å²) in [6.07, 6.45) is 6.23. The monoisotopic (exact) mass is 330 g/mol. The number of hydrogen-bond acceptors (Lipinski definition) is 3. The van der Waals surface area contributed by atoms with Crippen LogP contribution in [0.2, 0.25) is 0 Å². The summed E-state index contributed by atoms with van der Waals surface area (Å²) in [5, 5.41) is 9.05. The van der Waals surface area contributed by atoms with Crippen molar-refractivity contribution in [3.05, 3.63) is 29.8 Å². The Hall–Kier alpha value is -2.52. The Kier molecular flexibility index (Phi) is 9.74. The van der Waals surface area contributed by atoms with Crippen LogP contribution in [0, 0.1) is 12.3 Å². The lowest BCUT2D eigenvalue weighted by atomic mass is 10.2. The molecule has 130 valence electrons. The number of anilines is 1. The molecule has 6 heteroatoms. The zero-order valence-corrected chi connectivity index (χ0v) is 14.4. The summed E-state index contributed by atoms with van der Waals surface area (Å²) in [4.78, 5) is 16.3. The SMILES string of the molecule is C#Cc1cccc(NC(=O)CN=C(NCC)NCCCOCC)c1. The van der Waals surface area contributed by atoms with Crippen molar-refractivity contribution in [2.45, 2.75) is 20.3 Å². The highest BCUT2D eigenvalue weighted by Gasteiger charge is 2.03. The Balaban J connectivity index is 2.46. The summed E-state index contributed by atoms with van der Waals surface area (Å²) in [6, 6.07) is 7.15. The van der Waals surface area contributed by atoms with Crippen molar-refractivity contribution in [2.75, 3.05) is 38.2 Å². The third kappa shape index (κ3) is 8.20. The molecule has 1 rings (SSSR count). The van der Waals surface area contributed by atoms with E-state index in [4.69, 9.17) is 11.2 Å². The van der Waals surface area contributed by atoms with E-state index in [0.29, 0.717) is 18.3 Å². The second-order valence-electron chi connectivity index (χ2n) is 4.95. The van der Waals surface area contributed by atoms with Crippen molar-refractivity contribution in [3.8, 4) is 12.3 Å². The van der Waals surface area contributed by atoms with E-state index < -0.39 is 0 Å². The van der Waals surface area contributed by atoms with Gasteiger partial charge in [-0.05, 0) is 38.5 Å². The van der Waals surface area contributed by atoms with Crippen LogP contribution in [-0.2, 0) is 9.53 Å². The lowest BCUT2D eigenvalue weighted by Crippen LogP contribution is -2.38. The summed E-state index contributed by atoms with van der Waals surface area (Å²) in [6.45, 7) is 6.85. The molecule has 0 spiro atoms. The topological polar surface area (TPSA) is 74.8 Å². The Morgan fingerprint density at radius 2 is 2.17 bits per heavy atom. The zero-order valence-electron chi connectivity index (χ0n) is 14.4. The minimum Gasteiger partial charge on any atom is -0.382 e. The van der Waals surface area contributed by atoms with E-state index in [1.807, 2.05) is 19.9 Å². The van der Waals surface area contributed by atoms with E-state index in [1.165, 1.54) is 0 Å². The molecule has 0 saturated carbocycles. The number of aliphatic imine (C=N–C) groups is 1. The Bertz CT molecular complexity index is 579. The van der Waals surface area contributed by atoms with Gasteiger partial charge in [-0.25, -0.2) is 4.99 Å². The largest absolute Gasteiger partial charge is 0.382 e. The molecule has 3 N–H and O–H groups in total. The predicted molar refractivity (Wildman–Crippen MR) is 98.1 cm³/mol. The molecule has 0 aromatic heterocycles. The number of rotatable bonds is 9. The summed E-state index contributed by atoms with van der Waals surface area (Å²) < 4.78 is 5.28. The molecule has 24 heavy (non-hydrogen) atoms. The van der Waals surface area contributed by atoms with Crippen molar-refractivity contribution in [2.24, 2.45) is 4.99 Å². The van der Waals surface area contributed by atoms with Crippen LogP contribution >= 0.6 is 0 Å². The van der Waals surface area contributed by atoms with E-state index in [9.17, 15) is 4.79 Å². The molecular weight excluding hydrogens is 304 g/mol. The van der Waals surface area contributed by atoms with E-state index in [-0.39, 0.29) is 12.5 Å². The molecule has 0 unspecified atom stereocenters. The van der Waals surface area contributed by atoms with Crippen molar-refractivity contribution in [1.82, 2.24) is 10.6 Å². The molecule has 1 aromatic rings. The average Bonchev–Trinajstić information content (AvgIpc) is 2.59. The van der Waals surface area contributed by atoms with Crippen LogP contribution in [0.1, 0.15) is 25.8 Å². The fourth-order valence-corrected chi connectivity index (χ4v) is 1.91. The van der Waals surface area contributed by atoms with E-state index in [1.54, 1.807) is 18.2 Å². The van der Waals surface area contributed by atoms with Gasteiger partial charge in [-0.2, -0.15) is 0 Å². The second-order valence-corrected chi connectivity index (χ2v) is 4.95. The molecule has 0 heterocycles. The van der Waals surface area contributed by atoms with Crippen LogP contribution in [0.3, 0.4) is 0 Å². The maximum atomic E-state index is 12.0. The molecular formula is C18H26N4O2. The Morgan fingerprint density at radius 1 is 1.33 bits per heavy atom. The van der Waals surface area contributed by atoms with Gasteiger partial charge in [0.1, 0.15) is 6.54 Å². The molecule has 0 saturated heterocycles. The third-order valence-electron chi connectivity index (χ3n) is 3.00. The van der Waals surface area contributed by atoms with Crippen LogP contribution in [-0.4, -0.2) is 44.7 Å². The first-order valence-electron chi connectivity index (χ1n) is 8.16. The highest BCUT2D eigenvalue weighted by molar-refractivity contribution is 5.94. The maximum Gasteiger partial charge on any atom is 0.246 e. The summed E-state index contributed by atoms with van der Waals surface area (Å²) in [5.74, 6) is 2.95. The van der Waals surface area contributed by atoms with Gasteiger partial charge in [0.25, 0.3) is 0 Å². The fraction of sp³-hybridized carbons (Fsp3) is 0.444. The molecule has 1 aromatic carbocycles. The van der Waals surface area contributed by atoms with Gasteiger partial charge in [-0.15, -0.1) is 6.42 Å². The van der Waals surface area contributed by atoms with Crippen molar-refractivity contribution >= 4 is 17.6 Å². The quantitative estimate of drug-likeness (QED) is 0.278. The molecule has 0 bridgehead atoms. The van der Waals surface area contributed by atoms with Gasteiger partial charge >= 0.3 is 0 Å². The first kappa shape index (κ1) is 19.5. The number of terminal acetylenes is 1. The number of carbonyl (C=O) groups is 1. The number of benzene rings is 1. The number of guanidine groups is 1. The lowest BCUT2D eigenvalue weighted by molar-refractivity contribution is -0.114. The van der Waals surface area contributed by atoms with Gasteiger partial charge < -0.3 is 20.7 Å². The first-order chi connectivity index (χ1) is 11.7. The highest BCUT2D eigenvalue weighted by atomic mass is 16.5. The molecule has 1 amide bonds. The smallest absolute Gasteiger partial charge is 0.246 e. The molecule has 0 aliphatic rings. The van der Waals surface area contributed by atoms with Gasteiger partial charge in [0.05, 0.1) is 0 Å². The minimum absolute atomic E-state index is 0.0288. The number of ether oxygens (including phenoxy) is 1. The highest BCUT2D eigenvalue weighted by Crippen LogP contribution is 2.09. The molecule has 0 aliphatic carbocycles. The summed E-state index contributed by atoms with van der Waals surface area (Å²) >= 11 is 0. The van der Waals surface area contributed by atoms with Gasteiger partial charge in [0.2, 0.25) is 5.91 Å². The lowest BCUT2D eigenvalue weighted by Gasteiger charge is -2.11. The van der Waals surface area contributed by atoms with Crippen molar-refractivity contribution in [3.63, 3.8) is 0 Å². The second kappa shape index (κ2) is 12.0. The van der Waals surface area contributed by atoms with E-state index in [0.717, 1.165) is 31.7 Å². The zero-order chi connectivity index (χ0) is 17.6. The minimum atomic E-state index is -0.198. The number of nitrogens with one attached hydrogen (secondary N) is 3. The van der Waals surface area contributed by atoms with Crippen LogP contribution < -0.4 is 16.0 Å². The molecule has 0 radical (unpaired) electrons.